The number of nitrogens with zero attached hydrogens (tertiary/aromatic N) is 2. The molecular weight excluding hydrogens is 236 g/mol. The Morgan fingerprint density at radius 1 is 1.05 bits per heavy atom. The van der Waals surface area contributed by atoms with Crippen molar-refractivity contribution in [3.8, 4) is 11.5 Å². The standard InChI is InChI=1S/C16H16N2O/c1-18(2)13-8-10-14-15(11-9-13)19-16(17-14)12-6-4-3-5-7-12/h3-11,13H,1-2H3. The van der Waals surface area contributed by atoms with Crippen molar-refractivity contribution in [1.29, 1.82) is 0 Å². The molecule has 3 rings (SSSR count). The smallest absolute Gasteiger partial charge is 0.227 e. The van der Waals surface area contributed by atoms with Gasteiger partial charge in [0, 0.05) is 11.6 Å². The minimum Gasteiger partial charge on any atom is -0.436 e. The highest BCUT2D eigenvalue weighted by molar-refractivity contribution is 5.66. The molecule has 1 atom stereocenters. The van der Waals surface area contributed by atoms with Gasteiger partial charge in [0.25, 0.3) is 0 Å². The molecule has 19 heavy (non-hydrogen) atoms. The zero-order chi connectivity index (χ0) is 13.2. The second kappa shape index (κ2) is 4.86. The van der Waals surface area contributed by atoms with Gasteiger partial charge in [-0.2, -0.15) is 0 Å². The topological polar surface area (TPSA) is 29.3 Å². The van der Waals surface area contributed by atoms with Gasteiger partial charge in [0.05, 0.1) is 0 Å². The maximum atomic E-state index is 5.83. The van der Waals surface area contributed by atoms with Crippen LogP contribution in [0.25, 0.3) is 23.6 Å². The number of hydrogen-bond donors (Lipinski definition) is 0. The Morgan fingerprint density at radius 3 is 2.53 bits per heavy atom. The summed E-state index contributed by atoms with van der Waals surface area (Å²) in [5, 5.41) is 0. The maximum absolute atomic E-state index is 5.83. The van der Waals surface area contributed by atoms with Crippen LogP contribution >= 0.6 is 0 Å². The molecule has 1 aromatic carbocycles. The van der Waals surface area contributed by atoms with Gasteiger partial charge < -0.3 is 4.42 Å². The number of oxazole rings is 1. The molecule has 0 bridgehead atoms. The van der Waals surface area contributed by atoms with Crippen LogP contribution in [0.3, 0.4) is 0 Å². The van der Waals surface area contributed by atoms with Crippen LogP contribution < -0.4 is 0 Å². The first-order chi connectivity index (χ1) is 9.24. The number of benzene rings is 1. The van der Waals surface area contributed by atoms with Crippen molar-refractivity contribution in [1.82, 2.24) is 9.88 Å². The molecule has 3 heteroatoms. The van der Waals surface area contributed by atoms with Crippen molar-refractivity contribution in [3.63, 3.8) is 0 Å². The molecule has 0 radical (unpaired) electrons. The number of rotatable bonds is 2. The zero-order valence-corrected chi connectivity index (χ0v) is 11.1. The molecule has 0 aliphatic heterocycles. The highest BCUT2D eigenvalue weighted by atomic mass is 16.4. The van der Waals surface area contributed by atoms with Gasteiger partial charge in [-0.25, -0.2) is 4.98 Å². The molecule has 3 nitrogen and oxygen atoms in total. The van der Waals surface area contributed by atoms with Crippen molar-refractivity contribution in [3.05, 3.63) is 53.9 Å². The van der Waals surface area contributed by atoms with Crippen molar-refractivity contribution in [2.75, 3.05) is 14.1 Å². The molecule has 0 fully saturated rings. The Kier molecular flexibility index (Phi) is 3.05. The molecule has 1 heterocycles. The van der Waals surface area contributed by atoms with E-state index < -0.39 is 0 Å². The fourth-order valence-corrected chi connectivity index (χ4v) is 2.07. The van der Waals surface area contributed by atoms with E-state index in [1.807, 2.05) is 42.5 Å². The number of aromatic nitrogens is 1. The van der Waals surface area contributed by atoms with Gasteiger partial charge in [-0.3, -0.25) is 4.90 Å². The molecule has 1 aliphatic carbocycles. The lowest BCUT2D eigenvalue weighted by molar-refractivity contribution is 0.393. The van der Waals surface area contributed by atoms with Gasteiger partial charge in [-0.1, -0.05) is 30.4 Å². The molecule has 96 valence electrons. The summed E-state index contributed by atoms with van der Waals surface area (Å²) in [5.74, 6) is 1.49. The number of hydrogen-bond acceptors (Lipinski definition) is 3. The van der Waals surface area contributed by atoms with Gasteiger partial charge >= 0.3 is 0 Å². The van der Waals surface area contributed by atoms with E-state index >= 15 is 0 Å². The van der Waals surface area contributed by atoms with E-state index in [4.69, 9.17) is 4.42 Å². The van der Waals surface area contributed by atoms with E-state index in [1.165, 1.54) is 0 Å². The molecule has 1 aliphatic rings. The third-order valence-corrected chi connectivity index (χ3v) is 3.19. The average molecular weight is 252 g/mol. The van der Waals surface area contributed by atoms with Crippen molar-refractivity contribution in [2.24, 2.45) is 0 Å². The fraction of sp³-hybridized carbons (Fsp3) is 0.188. The molecule has 1 aromatic heterocycles. The first-order valence-electron chi connectivity index (χ1n) is 6.33. The van der Waals surface area contributed by atoms with Gasteiger partial charge in [0.15, 0.2) is 5.76 Å². The average Bonchev–Trinajstić information content (AvgIpc) is 2.73. The van der Waals surface area contributed by atoms with E-state index in [1.54, 1.807) is 0 Å². The predicted octanol–water partition coefficient (Wildman–Crippen LogP) is 3.31. The van der Waals surface area contributed by atoms with Crippen LogP contribution in [-0.2, 0) is 0 Å². The number of likely N-dealkylation sites (N-methyl/N-ethyl adjacent to an activating group) is 1. The van der Waals surface area contributed by atoms with Crippen molar-refractivity contribution in [2.45, 2.75) is 6.04 Å². The highest BCUT2D eigenvalue weighted by Crippen LogP contribution is 2.25. The first-order valence-corrected chi connectivity index (χ1v) is 6.33. The monoisotopic (exact) mass is 252 g/mol. The summed E-state index contributed by atoms with van der Waals surface area (Å²) in [6.45, 7) is 0. The van der Waals surface area contributed by atoms with Crippen LogP contribution in [0.2, 0.25) is 0 Å². The van der Waals surface area contributed by atoms with Gasteiger partial charge in [0.2, 0.25) is 5.89 Å². The lowest BCUT2D eigenvalue weighted by atomic mass is 10.2. The summed E-state index contributed by atoms with van der Waals surface area (Å²) in [6.07, 6.45) is 8.26. The lowest BCUT2D eigenvalue weighted by Gasteiger charge is -2.15. The quantitative estimate of drug-likeness (QED) is 0.821. The Balaban J connectivity index is 1.96. The summed E-state index contributed by atoms with van der Waals surface area (Å²) < 4.78 is 5.83. The SMILES string of the molecule is CN(C)C1C=Cc2nc(-c3ccccc3)oc2C=C1. The summed E-state index contributed by atoms with van der Waals surface area (Å²) in [4.78, 5) is 6.69. The van der Waals surface area contributed by atoms with Gasteiger partial charge in [-0.15, -0.1) is 0 Å². The molecule has 2 aromatic rings. The fourth-order valence-electron chi connectivity index (χ4n) is 2.07. The summed E-state index contributed by atoms with van der Waals surface area (Å²) in [7, 11) is 4.10. The number of fused-ring (bicyclic) bond motifs is 1. The van der Waals surface area contributed by atoms with E-state index in [2.05, 4.69) is 36.1 Å². The zero-order valence-electron chi connectivity index (χ0n) is 11.1. The van der Waals surface area contributed by atoms with Crippen LogP contribution in [0, 0.1) is 0 Å². The maximum Gasteiger partial charge on any atom is 0.227 e. The molecule has 0 saturated carbocycles. The second-order valence-corrected chi connectivity index (χ2v) is 4.81. The molecule has 0 spiro atoms. The Morgan fingerprint density at radius 2 is 1.79 bits per heavy atom. The van der Waals surface area contributed by atoms with Crippen molar-refractivity contribution < 1.29 is 4.42 Å². The summed E-state index contributed by atoms with van der Waals surface area (Å²) in [6, 6.07) is 10.2. The largest absolute Gasteiger partial charge is 0.436 e. The molecule has 0 saturated heterocycles. The van der Waals surface area contributed by atoms with E-state index in [0.29, 0.717) is 5.89 Å². The predicted molar refractivity (Wildman–Crippen MR) is 77.5 cm³/mol. The van der Waals surface area contributed by atoms with Crippen LogP contribution in [-0.4, -0.2) is 30.0 Å². The van der Waals surface area contributed by atoms with Gasteiger partial charge in [0.1, 0.15) is 5.69 Å². The minimum atomic E-state index is 0.282. The normalized spacial score (nSPS) is 17.5. The third kappa shape index (κ3) is 2.37. The summed E-state index contributed by atoms with van der Waals surface area (Å²) >= 11 is 0. The molecular formula is C16H16N2O. The first kappa shape index (κ1) is 11.9. The van der Waals surface area contributed by atoms with Gasteiger partial charge in [-0.05, 0) is 38.4 Å². The highest BCUT2D eigenvalue weighted by Gasteiger charge is 2.14. The van der Waals surface area contributed by atoms with E-state index in [-0.39, 0.29) is 6.04 Å². The van der Waals surface area contributed by atoms with Crippen LogP contribution in [0.4, 0.5) is 0 Å². The van der Waals surface area contributed by atoms with Crippen LogP contribution in [0.1, 0.15) is 11.5 Å². The minimum absolute atomic E-state index is 0.282. The molecule has 0 amide bonds. The summed E-state index contributed by atoms with van der Waals surface area (Å²) in [5.41, 5.74) is 1.89. The second-order valence-electron chi connectivity index (χ2n) is 4.81. The molecule has 1 unspecified atom stereocenters. The Labute approximate surface area is 112 Å². The lowest BCUT2D eigenvalue weighted by Crippen LogP contribution is -2.22. The van der Waals surface area contributed by atoms with Crippen molar-refractivity contribution >= 4 is 12.2 Å². The Bertz CT molecular complexity index is 592. The van der Waals surface area contributed by atoms with Crippen LogP contribution in [0.15, 0.2) is 46.9 Å². The van der Waals surface area contributed by atoms with E-state index in [9.17, 15) is 0 Å². The third-order valence-electron chi connectivity index (χ3n) is 3.19. The van der Waals surface area contributed by atoms with Crippen LogP contribution in [0.5, 0.6) is 0 Å². The van der Waals surface area contributed by atoms with E-state index in [0.717, 1.165) is 17.0 Å². The Hall–Kier alpha value is -2.13. The molecule has 0 N–H and O–H groups in total.